The molecule has 1 unspecified atom stereocenters. The Labute approximate surface area is 107 Å². The molecule has 2 rings (SSSR count). The van der Waals surface area contributed by atoms with E-state index < -0.39 is 5.50 Å². The van der Waals surface area contributed by atoms with Gasteiger partial charge in [-0.1, -0.05) is 11.6 Å². The lowest BCUT2D eigenvalue weighted by Gasteiger charge is -2.07. The second-order valence-electron chi connectivity index (χ2n) is 3.23. The number of nitrogens with zero attached hydrogens (tertiary/aromatic N) is 3. The number of hydrogen-bond acceptors (Lipinski definition) is 4. The highest BCUT2D eigenvalue weighted by atomic mass is 35.5. The van der Waals surface area contributed by atoms with Crippen LogP contribution in [0.15, 0.2) is 30.6 Å². The summed E-state index contributed by atoms with van der Waals surface area (Å²) in [4.78, 5) is 12.1. The summed E-state index contributed by atoms with van der Waals surface area (Å²) < 4.78 is 13.5. The fourth-order valence-corrected chi connectivity index (χ4v) is 1.86. The molecule has 0 aromatic carbocycles. The normalized spacial score (nSPS) is 12.4. The Kier molecular flexibility index (Phi) is 3.91. The van der Waals surface area contributed by atoms with Crippen molar-refractivity contribution in [3.8, 4) is 11.4 Å². The maximum Gasteiger partial charge on any atom is 0.187 e. The van der Waals surface area contributed by atoms with E-state index in [-0.39, 0.29) is 10.8 Å². The van der Waals surface area contributed by atoms with Crippen molar-refractivity contribution in [3.05, 3.63) is 41.4 Å². The first-order valence-corrected chi connectivity index (χ1v) is 6.49. The molecule has 88 valence electrons. The molecule has 2 heterocycles. The predicted molar refractivity (Wildman–Crippen MR) is 67.6 cm³/mol. The van der Waals surface area contributed by atoms with Crippen molar-refractivity contribution in [3.63, 3.8) is 0 Å². The van der Waals surface area contributed by atoms with Gasteiger partial charge < -0.3 is 0 Å². The molecule has 0 saturated heterocycles. The van der Waals surface area contributed by atoms with Crippen molar-refractivity contribution in [2.75, 3.05) is 6.26 Å². The van der Waals surface area contributed by atoms with Crippen LogP contribution in [-0.2, 0) is 0 Å². The first-order chi connectivity index (χ1) is 8.20. The summed E-state index contributed by atoms with van der Waals surface area (Å²) in [6, 6.07) is 4.94. The molecule has 0 aliphatic heterocycles. The van der Waals surface area contributed by atoms with Crippen molar-refractivity contribution in [2.45, 2.75) is 5.50 Å². The van der Waals surface area contributed by atoms with Gasteiger partial charge in [0.25, 0.3) is 0 Å². The van der Waals surface area contributed by atoms with Crippen LogP contribution in [-0.4, -0.2) is 21.2 Å². The minimum absolute atomic E-state index is 0.235. The minimum atomic E-state index is -1.20. The van der Waals surface area contributed by atoms with Gasteiger partial charge in [-0.3, -0.25) is 4.98 Å². The molecule has 0 saturated carbocycles. The third kappa shape index (κ3) is 2.92. The molecule has 2 aromatic heterocycles. The van der Waals surface area contributed by atoms with Gasteiger partial charge in [0.15, 0.2) is 11.3 Å². The molecular formula is C11H9ClFN3S. The van der Waals surface area contributed by atoms with E-state index in [0.29, 0.717) is 5.82 Å². The zero-order valence-electron chi connectivity index (χ0n) is 8.97. The van der Waals surface area contributed by atoms with E-state index in [9.17, 15) is 4.39 Å². The Morgan fingerprint density at radius 1 is 1.29 bits per heavy atom. The van der Waals surface area contributed by atoms with E-state index >= 15 is 0 Å². The van der Waals surface area contributed by atoms with Crippen molar-refractivity contribution in [1.82, 2.24) is 15.0 Å². The molecule has 2 aromatic rings. The topological polar surface area (TPSA) is 38.7 Å². The number of alkyl halides is 1. The van der Waals surface area contributed by atoms with Crippen LogP contribution in [0, 0.1) is 0 Å². The summed E-state index contributed by atoms with van der Waals surface area (Å²) >= 11 is 6.92. The van der Waals surface area contributed by atoms with E-state index in [0.717, 1.165) is 17.3 Å². The standard InChI is InChI=1S/C11H9ClFN3S/c1-17-10(13)8-6-9(12)16-11(15-8)7-2-4-14-5-3-7/h2-6,10H,1H3. The molecule has 0 N–H and O–H groups in total. The maximum absolute atomic E-state index is 13.5. The molecule has 3 nitrogen and oxygen atoms in total. The molecule has 0 bridgehead atoms. The first kappa shape index (κ1) is 12.3. The van der Waals surface area contributed by atoms with Crippen LogP contribution in [0.5, 0.6) is 0 Å². The molecule has 0 radical (unpaired) electrons. The highest BCUT2D eigenvalue weighted by Crippen LogP contribution is 2.29. The molecule has 0 aliphatic carbocycles. The van der Waals surface area contributed by atoms with E-state index in [1.165, 1.54) is 6.07 Å². The van der Waals surface area contributed by atoms with Gasteiger partial charge in [-0.2, -0.15) is 0 Å². The van der Waals surface area contributed by atoms with Gasteiger partial charge >= 0.3 is 0 Å². The van der Waals surface area contributed by atoms with E-state index in [2.05, 4.69) is 15.0 Å². The summed E-state index contributed by atoms with van der Waals surface area (Å²) in [5.74, 6) is 0.409. The van der Waals surface area contributed by atoms with Gasteiger partial charge in [-0.25, -0.2) is 14.4 Å². The Hall–Kier alpha value is -1.20. The zero-order valence-corrected chi connectivity index (χ0v) is 10.5. The molecule has 6 heteroatoms. The van der Waals surface area contributed by atoms with Gasteiger partial charge in [0.1, 0.15) is 5.15 Å². The second kappa shape index (κ2) is 5.42. The van der Waals surface area contributed by atoms with E-state index in [4.69, 9.17) is 11.6 Å². The molecule has 0 aliphatic rings. The van der Waals surface area contributed by atoms with Crippen LogP contribution >= 0.6 is 23.4 Å². The number of pyridine rings is 1. The molecule has 1 atom stereocenters. The lowest BCUT2D eigenvalue weighted by atomic mass is 10.2. The van der Waals surface area contributed by atoms with Crippen LogP contribution in [0.4, 0.5) is 4.39 Å². The Morgan fingerprint density at radius 3 is 2.65 bits per heavy atom. The summed E-state index contributed by atoms with van der Waals surface area (Å²) in [6.45, 7) is 0. The van der Waals surface area contributed by atoms with Gasteiger partial charge in [0, 0.05) is 24.0 Å². The Balaban J connectivity index is 2.45. The van der Waals surface area contributed by atoms with Crippen molar-refractivity contribution in [2.24, 2.45) is 0 Å². The molecule has 0 amide bonds. The van der Waals surface area contributed by atoms with Crippen LogP contribution in [0.25, 0.3) is 11.4 Å². The third-order valence-electron chi connectivity index (χ3n) is 2.09. The van der Waals surface area contributed by atoms with Gasteiger partial charge in [0.05, 0.1) is 5.69 Å². The number of rotatable bonds is 3. The second-order valence-corrected chi connectivity index (χ2v) is 4.50. The summed E-state index contributed by atoms with van der Waals surface area (Å²) in [7, 11) is 0. The number of hydrogen-bond donors (Lipinski definition) is 0. The van der Waals surface area contributed by atoms with Crippen molar-refractivity contribution in [1.29, 1.82) is 0 Å². The maximum atomic E-state index is 13.5. The van der Waals surface area contributed by atoms with E-state index in [1.54, 1.807) is 30.8 Å². The zero-order chi connectivity index (χ0) is 12.3. The fourth-order valence-electron chi connectivity index (χ4n) is 1.30. The molecule has 17 heavy (non-hydrogen) atoms. The number of thioether (sulfide) groups is 1. The lowest BCUT2D eigenvalue weighted by Crippen LogP contribution is -1.97. The highest BCUT2D eigenvalue weighted by Gasteiger charge is 2.13. The van der Waals surface area contributed by atoms with Crippen LogP contribution in [0.1, 0.15) is 11.2 Å². The average molecular weight is 270 g/mol. The largest absolute Gasteiger partial charge is 0.265 e. The molecular weight excluding hydrogens is 261 g/mol. The first-order valence-electron chi connectivity index (χ1n) is 4.82. The monoisotopic (exact) mass is 269 g/mol. The summed E-state index contributed by atoms with van der Waals surface area (Å²) in [6.07, 6.45) is 4.92. The lowest BCUT2D eigenvalue weighted by molar-refractivity contribution is 0.461. The van der Waals surface area contributed by atoms with Gasteiger partial charge in [-0.15, -0.1) is 11.8 Å². The van der Waals surface area contributed by atoms with Gasteiger partial charge in [-0.05, 0) is 18.4 Å². The highest BCUT2D eigenvalue weighted by molar-refractivity contribution is 7.98. The molecule has 0 spiro atoms. The smallest absolute Gasteiger partial charge is 0.187 e. The van der Waals surface area contributed by atoms with Crippen molar-refractivity contribution < 1.29 is 4.39 Å². The number of aromatic nitrogens is 3. The predicted octanol–water partition coefficient (Wildman–Crippen LogP) is 3.52. The SMILES string of the molecule is CSC(F)c1cc(Cl)nc(-c2ccncc2)n1. The van der Waals surface area contributed by atoms with Crippen LogP contribution < -0.4 is 0 Å². The van der Waals surface area contributed by atoms with Crippen LogP contribution in [0.2, 0.25) is 5.15 Å². The van der Waals surface area contributed by atoms with Crippen molar-refractivity contribution >= 4 is 23.4 Å². The van der Waals surface area contributed by atoms with Crippen LogP contribution in [0.3, 0.4) is 0 Å². The summed E-state index contributed by atoms with van der Waals surface area (Å²) in [5, 5.41) is 0.235. The Morgan fingerprint density at radius 2 is 2.00 bits per heavy atom. The van der Waals surface area contributed by atoms with Gasteiger partial charge in [0.2, 0.25) is 0 Å². The molecule has 0 fully saturated rings. The number of halogens is 2. The quantitative estimate of drug-likeness (QED) is 0.799. The Bertz CT molecular complexity index is 509. The minimum Gasteiger partial charge on any atom is -0.265 e. The summed E-state index contributed by atoms with van der Waals surface area (Å²) in [5.41, 5.74) is -0.155. The third-order valence-corrected chi connectivity index (χ3v) is 2.94. The average Bonchev–Trinajstić information content (AvgIpc) is 2.38. The fraction of sp³-hybridized carbons (Fsp3) is 0.182. The van der Waals surface area contributed by atoms with E-state index in [1.807, 2.05) is 0 Å².